The first kappa shape index (κ1) is 15.2. The predicted molar refractivity (Wildman–Crippen MR) is 74.4 cm³/mol. The van der Waals surface area contributed by atoms with Gasteiger partial charge in [0.2, 0.25) is 11.8 Å². The minimum absolute atomic E-state index is 0.00488. The molecule has 0 aromatic heterocycles. The lowest BCUT2D eigenvalue weighted by Gasteiger charge is -2.11. The average Bonchev–Trinajstić information content (AvgIpc) is 2.74. The van der Waals surface area contributed by atoms with E-state index in [1.807, 2.05) is 0 Å². The van der Waals surface area contributed by atoms with Gasteiger partial charge >= 0.3 is 6.03 Å². The van der Waals surface area contributed by atoms with E-state index in [0.29, 0.717) is 12.1 Å². The molecule has 1 aliphatic heterocycles. The smallest absolute Gasteiger partial charge is 0.324 e. The highest BCUT2D eigenvalue weighted by atomic mass is 35.5. The molecule has 1 aromatic carbocycles. The number of imide groups is 1. The molecule has 0 radical (unpaired) electrons. The van der Waals surface area contributed by atoms with E-state index in [1.165, 1.54) is 12.1 Å². The maximum atomic E-state index is 13.2. The van der Waals surface area contributed by atoms with Crippen molar-refractivity contribution in [1.82, 2.24) is 10.2 Å². The maximum Gasteiger partial charge on any atom is 0.324 e. The molecule has 1 fully saturated rings. The largest absolute Gasteiger partial charge is 0.329 e. The van der Waals surface area contributed by atoms with Crippen LogP contribution in [0.25, 0.3) is 0 Å². The van der Waals surface area contributed by atoms with Gasteiger partial charge < -0.3 is 10.6 Å². The Hall–Kier alpha value is -2.15. The molecular formula is C13H13ClFN3O3. The summed E-state index contributed by atoms with van der Waals surface area (Å²) in [6.45, 7) is 0.169. The molecule has 0 saturated carbocycles. The third kappa shape index (κ3) is 3.91. The number of nitrogens with one attached hydrogen (secondary N) is 2. The highest BCUT2D eigenvalue weighted by Crippen LogP contribution is 2.18. The molecule has 4 amide bonds. The Labute approximate surface area is 125 Å². The molecule has 2 rings (SSSR count). The van der Waals surface area contributed by atoms with Gasteiger partial charge in [0.25, 0.3) is 0 Å². The molecule has 1 aliphatic rings. The molecular weight excluding hydrogens is 301 g/mol. The summed E-state index contributed by atoms with van der Waals surface area (Å²) in [5, 5.41) is 4.89. The fourth-order valence-corrected chi connectivity index (χ4v) is 1.99. The van der Waals surface area contributed by atoms with E-state index >= 15 is 0 Å². The molecule has 6 nitrogen and oxygen atoms in total. The van der Waals surface area contributed by atoms with Crippen LogP contribution in [0.3, 0.4) is 0 Å². The third-order valence-corrected chi connectivity index (χ3v) is 3.23. The fraction of sp³-hybridized carbons (Fsp3) is 0.308. The van der Waals surface area contributed by atoms with Crippen molar-refractivity contribution in [3.05, 3.63) is 29.0 Å². The van der Waals surface area contributed by atoms with Gasteiger partial charge in [-0.1, -0.05) is 11.6 Å². The Balaban J connectivity index is 1.78. The second kappa shape index (κ2) is 6.53. The second-order valence-electron chi connectivity index (χ2n) is 4.48. The number of urea groups is 1. The van der Waals surface area contributed by atoms with Crippen LogP contribution in [0.4, 0.5) is 14.9 Å². The van der Waals surface area contributed by atoms with Gasteiger partial charge in [-0.2, -0.15) is 0 Å². The summed E-state index contributed by atoms with van der Waals surface area (Å²) in [5.41, 5.74) is 0.303. The molecule has 1 heterocycles. The molecule has 0 aliphatic carbocycles. The number of anilines is 1. The Bertz CT molecular complexity index is 578. The van der Waals surface area contributed by atoms with Crippen molar-refractivity contribution in [2.75, 3.05) is 18.4 Å². The zero-order chi connectivity index (χ0) is 15.4. The number of rotatable bonds is 5. The van der Waals surface area contributed by atoms with Crippen molar-refractivity contribution in [2.24, 2.45) is 0 Å². The third-order valence-electron chi connectivity index (χ3n) is 2.93. The average molecular weight is 314 g/mol. The van der Waals surface area contributed by atoms with Crippen LogP contribution in [-0.2, 0) is 9.59 Å². The van der Waals surface area contributed by atoms with E-state index in [9.17, 15) is 18.8 Å². The first-order chi connectivity index (χ1) is 9.97. The summed E-state index contributed by atoms with van der Waals surface area (Å²) in [6.07, 6.45) is 0.447. The van der Waals surface area contributed by atoms with Crippen LogP contribution in [0.2, 0.25) is 5.02 Å². The van der Waals surface area contributed by atoms with Crippen LogP contribution in [-0.4, -0.2) is 35.8 Å². The molecule has 0 unspecified atom stereocenters. The number of hydrogen-bond acceptors (Lipinski definition) is 3. The normalized spacial score (nSPS) is 14.3. The maximum absolute atomic E-state index is 13.2. The molecule has 1 aromatic rings. The number of nitrogens with zero attached hydrogens (tertiary/aromatic N) is 1. The van der Waals surface area contributed by atoms with Gasteiger partial charge in [-0.15, -0.1) is 0 Å². The van der Waals surface area contributed by atoms with Crippen LogP contribution in [0.1, 0.15) is 12.8 Å². The number of carbonyl (C=O) groups is 3. The molecule has 0 atom stereocenters. The highest BCUT2D eigenvalue weighted by Gasteiger charge is 2.27. The summed E-state index contributed by atoms with van der Waals surface area (Å²) in [6, 6.07) is 3.51. The van der Waals surface area contributed by atoms with Crippen molar-refractivity contribution in [2.45, 2.75) is 12.8 Å². The predicted octanol–water partition coefficient (Wildman–Crippen LogP) is 1.75. The van der Waals surface area contributed by atoms with E-state index in [-0.39, 0.29) is 36.3 Å². The number of halogens is 2. The molecule has 2 N–H and O–H groups in total. The minimum atomic E-state index is -0.617. The number of amides is 4. The zero-order valence-corrected chi connectivity index (χ0v) is 11.7. The highest BCUT2D eigenvalue weighted by molar-refractivity contribution is 6.30. The Morgan fingerprint density at radius 1 is 1.43 bits per heavy atom. The Kier molecular flexibility index (Phi) is 4.74. The topological polar surface area (TPSA) is 78.5 Å². The minimum Gasteiger partial charge on any atom is -0.329 e. The SMILES string of the molecule is O=C(CCCN1C(=O)CNC1=O)Nc1ccc(Cl)c(F)c1. The zero-order valence-electron chi connectivity index (χ0n) is 11.0. The summed E-state index contributed by atoms with van der Waals surface area (Å²) < 4.78 is 13.2. The van der Waals surface area contributed by atoms with E-state index in [2.05, 4.69) is 10.6 Å². The van der Waals surface area contributed by atoms with Crippen LogP contribution < -0.4 is 10.6 Å². The van der Waals surface area contributed by atoms with Gasteiger partial charge in [0.15, 0.2) is 0 Å². The van der Waals surface area contributed by atoms with E-state index < -0.39 is 11.8 Å². The Morgan fingerprint density at radius 3 is 2.81 bits per heavy atom. The van der Waals surface area contributed by atoms with Crippen LogP contribution in [0.5, 0.6) is 0 Å². The lowest BCUT2D eigenvalue weighted by molar-refractivity contribution is -0.125. The van der Waals surface area contributed by atoms with Crippen molar-refractivity contribution in [3.8, 4) is 0 Å². The molecule has 21 heavy (non-hydrogen) atoms. The van der Waals surface area contributed by atoms with Crippen molar-refractivity contribution in [1.29, 1.82) is 0 Å². The summed E-state index contributed by atoms with van der Waals surface area (Å²) in [4.78, 5) is 35.3. The number of carbonyl (C=O) groups excluding carboxylic acids is 3. The number of hydrogen-bond donors (Lipinski definition) is 2. The molecule has 1 saturated heterocycles. The van der Waals surface area contributed by atoms with Crippen molar-refractivity contribution < 1.29 is 18.8 Å². The summed E-state index contributed by atoms with van der Waals surface area (Å²) in [7, 11) is 0. The summed E-state index contributed by atoms with van der Waals surface area (Å²) >= 11 is 5.54. The lowest BCUT2D eigenvalue weighted by atomic mass is 10.2. The molecule has 112 valence electrons. The summed E-state index contributed by atoms with van der Waals surface area (Å²) in [5.74, 6) is -1.25. The quantitative estimate of drug-likeness (QED) is 0.813. The lowest BCUT2D eigenvalue weighted by Crippen LogP contribution is -2.32. The first-order valence-electron chi connectivity index (χ1n) is 6.30. The Morgan fingerprint density at radius 2 is 2.19 bits per heavy atom. The number of benzene rings is 1. The first-order valence-corrected chi connectivity index (χ1v) is 6.68. The van der Waals surface area contributed by atoms with Gasteiger partial charge in [-0.05, 0) is 24.6 Å². The second-order valence-corrected chi connectivity index (χ2v) is 4.89. The van der Waals surface area contributed by atoms with Gasteiger partial charge in [0, 0.05) is 18.7 Å². The van der Waals surface area contributed by atoms with Gasteiger partial charge in [0.1, 0.15) is 5.82 Å². The molecule has 0 spiro atoms. The van der Waals surface area contributed by atoms with Crippen molar-refractivity contribution >= 4 is 35.1 Å². The van der Waals surface area contributed by atoms with Crippen LogP contribution >= 0.6 is 11.6 Å². The van der Waals surface area contributed by atoms with Crippen LogP contribution in [0, 0.1) is 5.82 Å². The van der Waals surface area contributed by atoms with E-state index in [0.717, 1.165) is 11.0 Å². The molecule has 0 bridgehead atoms. The van der Waals surface area contributed by atoms with Gasteiger partial charge in [-0.3, -0.25) is 14.5 Å². The van der Waals surface area contributed by atoms with E-state index in [1.54, 1.807) is 0 Å². The molecule has 8 heteroatoms. The van der Waals surface area contributed by atoms with Crippen LogP contribution in [0.15, 0.2) is 18.2 Å². The van der Waals surface area contributed by atoms with Crippen molar-refractivity contribution in [3.63, 3.8) is 0 Å². The monoisotopic (exact) mass is 313 g/mol. The standard InChI is InChI=1S/C13H13ClFN3O3/c14-9-4-3-8(6-10(9)15)17-11(19)2-1-5-18-12(20)7-16-13(18)21/h3-4,6H,1-2,5,7H2,(H,16,21)(H,17,19). The van der Waals surface area contributed by atoms with Gasteiger partial charge in [-0.25, -0.2) is 9.18 Å². The van der Waals surface area contributed by atoms with E-state index in [4.69, 9.17) is 11.6 Å². The van der Waals surface area contributed by atoms with Gasteiger partial charge in [0.05, 0.1) is 11.6 Å². The fourth-order valence-electron chi connectivity index (χ4n) is 1.88.